The maximum absolute atomic E-state index is 11.8. The third-order valence-electron chi connectivity index (χ3n) is 3.98. The molecule has 5 heteroatoms. The van der Waals surface area contributed by atoms with E-state index in [1.165, 1.54) is 19.3 Å². The molecule has 0 saturated carbocycles. The first-order valence-corrected chi connectivity index (χ1v) is 9.15. The minimum atomic E-state index is -1.12. The molecule has 24 heavy (non-hydrogen) atoms. The van der Waals surface area contributed by atoms with Crippen molar-refractivity contribution in [3.63, 3.8) is 0 Å². The molecule has 0 radical (unpaired) electrons. The van der Waals surface area contributed by atoms with Gasteiger partial charge in [0.25, 0.3) is 0 Å². The van der Waals surface area contributed by atoms with Crippen molar-refractivity contribution in [3.8, 4) is 0 Å². The lowest BCUT2D eigenvalue weighted by molar-refractivity contribution is -0.140. The molecule has 0 bridgehead atoms. The van der Waals surface area contributed by atoms with Gasteiger partial charge in [-0.15, -0.1) is 0 Å². The molecule has 0 rings (SSSR count). The van der Waals surface area contributed by atoms with Gasteiger partial charge in [-0.25, -0.2) is 0 Å². The van der Waals surface area contributed by atoms with Crippen LogP contribution in [0.1, 0.15) is 77.6 Å². The van der Waals surface area contributed by atoms with Crippen LogP contribution in [0.2, 0.25) is 0 Å². The lowest BCUT2D eigenvalue weighted by Crippen LogP contribution is -2.18. The second kappa shape index (κ2) is 15.3. The summed E-state index contributed by atoms with van der Waals surface area (Å²) in [5, 5.41) is 19.5. The van der Waals surface area contributed by atoms with Crippen molar-refractivity contribution >= 4 is 11.8 Å². The van der Waals surface area contributed by atoms with Crippen molar-refractivity contribution in [2.24, 2.45) is 0 Å². The van der Waals surface area contributed by atoms with E-state index in [0.29, 0.717) is 19.3 Å². The number of ether oxygens (including phenoxy) is 1. The Morgan fingerprint density at radius 3 is 2.17 bits per heavy atom. The molecule has 0 spiro atoms. The summed E-state index contributed by atoms with van der Waals surface area (Å²) in [6.07, 6.45) is 10.1. The number of rotatable bonds is 15. The van der Waals surface area contributed by atoms with Crippen molar-refractivity contribution in [1.29, 1.82) is 0 Å². The molecule has 0 amide bonds. The van der Waals surface area contributed by atoms with Gasteiger partial charge in [0.2, 0.25) is 0 Å². The minimum absolute atomic E-state index is 0.183. The Balaban J connectivity index is 3.70. The van der Waals surface area contributed by atoms with Gasteiger partial charge in [-0.1, -0.05) is 57.6 Å². The van der Waals surface area contributed by atoms with Crippen LogP contribution in [0.5, 0.6) is 0 Å². The fraction of sp³-hybridized carbons (Fsp3) is 0.789. The number of methoxy groups -OCH3 is 1. The molecule has 0 aromatic rings. The van der Waals surface area contributed by atoms with E-state index in [1.807, 2.05) is 0 Å². The summed E-state index contributed by atoms with van der Waals surface area (Å²) in [5.41, 5.74) is 0. The van der Waals surface area contributed by atoms with Gasteiger partial charge in [0, 0.05) is 12.8 Å². The number of Topliss-reactive ketones (excluding diaryl/α,β-unsaturated/α-hetero) is 1. The molecular weight excluding hydrogens is 308 g/mol. The third kappa shape index (κ3) is 13.3. The molecular formula is C19H34O5. The highest BCUT2D eigenvalue weighted by atomic mass is 16.5. The van der Waals surface area contributed by atoms with Crippen LogP contribution in [0.3, 0.4) is 0 Å². The molecule has 0 aromatic carbocycles. The SMILES string of the molecule is CCCCCC(O)C=CC(O)C(=O)CCCCCCCC(=O)OC. The second-order valence-electron chi connectivity index (χ2n) is 6.20. The summed E-state index contributed by atoms with van der Waals surface area (Å²) in [7, 11) is 1.39. The van der Waals surface area contributed by atoms with E-state index in [0.717, 1.165) is 51.4 Å². The molecule has 0 aliphatic carbocycles. The van der Waals surface area contributed by atoms with E-state index < -0.39 is 12.2 Å². The van der Waals surface area contributed by atoms with Crippen molar-refractivity contribution in [2.75, 3.05) is 7.11 Å². The summed E-state index contributed by atoms with van der Waals surface area (Å²) in [4.78, 5) is 22.7. The maximum atomic E-state index is 11.8. The lowest BCUT2D eigenvalue weighted by Gasteiger charge is -2.07. The number of carbonyl (C=O) groups excluding carboxylic acids is 2. The van der Waals surface area contributed by atoms with Crippen LogP contribution in [0.15, 0.2) is 12.2 Å². The fourth-order valence-corrected chi connectivity index (χ4v) is 2.39. The van der Waals surface area contributed by atoms with Crippen LogP contribution in [0, 0.1) is 0 Å². The number of hydrogen-bond donors (Lipinski definition) is 2. The first kappa shape index (κ1) is 22.8. The van der Waals surface area contributed by atoms with Crippen LogP contribution >= 0.6 is 0 Å². The highest BCUT2D eigenvalue weighted by Crippen LogP contribution is 2.10. The van der Waals surface area contributed by atoms with Gasteiger partial charge in [-0.05, 0) is 19.3 Å². The maximum Gasteiger partial charge on any atom is 0.305 e. The number of hydrogen-bond acceptors (Lipinski definition) is 5. The molecule has 2 atom stereocenters. The molecule has 0 aliphatic heterocycles. The molecule has 0 aliphatic rings. The number of carbonyl (C=O) groups is 2. The molecule has 2 unspecified atom stereocenters. The monoisotopic (exact) mass is 342 g/mol. The van der Waals surface area contributed by atoms with Gasteiger partial charge < -0.3 is 14.9 Å². The predicted molar refractivity (Wildman–Crippen MR) is 94.6 cm³/mol. The van der Waals surface area contributed by atoms with Crippen molar-refractivity contribution in [3.05, 3.63) is 12.2 Å². The topological polar surface area (TPSA) is 83.8 Å². The Morgan fingerprint density at radius 1 is 0.917 bits per heavy atom. The van der Waals surface area contributed by atoms with Crippen LogP contribution in [-0.2, 0) is 14.3 Å². The Hall–Kier alpha value is -1.20. The van der Waals surface area contributed by atoms with Gasteiger partial charge in [0.15, 0.2) is 5.78 Å². The Kier molecular flexibility index (Phi) is 14.6. The molecule has 0 fully saturated rings. The molecule has 0 heterocycles. The van der Waals surface area contributed by atoms with Gasteiger partial charge in [-0.3, -0.25) is 9.59 Å². The van der Waals surface area contributed by atoms with E-state index in [9.17, 15) is 19.8 Å². The van der Waals surface area contributed by atoms with E-state index in [2.05, 4.69) is 11.7 Å². The molecule has 5 nitrogen and oxygen atoms in total. The number of aliphatic hydroxyl groups is 2. The second-order valence-corrected chi connectivity index (χ2v) is 6.20. The fourth-order valence-electron chi connectivity index (χ4n) is 2.39. The average Bonchev–Trinajstić information content (AvgIpc) is 2.58. The number of esters is 1. The van der Waals surface area contributed by atoms with E-state index in [1.54, 1.807) is 0 Å². The van der Waals surface area contributed by atoms with Gasteiger partial charge in [0.1, 0.15) is 6.10 Å². The molecule has 2 N–H and O–H groups in total. The smallest absolute Gasteiger partial charge is 0.305 e. The zero-order valence-electron chi connectivity index (χ0n) is 15.2. The summed E-state index contributed by atoms with van der Waals surface area (Å²) in [5.74, 6) is -0.390. The number of aliphatic hydroxyl groups excluding tert-OH is 2. The van der Waals surface area contributed by atoms with Gasteiger partial charge in [-0.2, -0.15) is 0 Å². The zero-order chi connectivity index (χ0) is 18.2. The highest BCUT2D eigenvalue weighted by Gasteiger charge is 2.11. The average molecular weight is 342 g/mol. The normalized spacial score (nSPS) is 13.8. The molecule has 140 valence electrons. The van der Waals surface area contributed by atoms with Crippen molar-refractivity contribution < 1.29 is 24.5 Å². The molecule has 0 saturated heterocycles. The number of ketones is 1. The summed E-state index contributed by atoms with van der Waals surface area (Å²) >= 11 is 0. The van der Waals surface area contributed by atoms with E-state index in [4.69, 9.17) is 0 Å². The van der Waals surface area contributed by atoms with Gasteiger partial charge in [0.05, 0.1) is 13.2 Å². The Labute approximate surface area is 146 Å². The zero-order valence-corrected chi connectivity index (χ0v) is 15.2. The highest BCUT2D eigenvalue weighted by molar-refractivity contribution is 5.84. The first-order valence-electron chi connectivity index (χ1n) is 9.15. The van der Waals surface area contributed by atoms with Crippen LogP contribution in [-0.4, -0.2) is 41.3 Å². The third-order valence-corrected chi connectivity index (χ3v) is 3.98. The Morgan fingerprint density at radius 2 is 1.54 bits per heavy atom. The number of unbranched alkanes of at least 4 members (excludes halogenated alkanes) is 6. The summed E-state index contributed by atoms with van der Waals surface area (Å²) in [6, 6.07) is 0. The van der Waals surface area contributed by atoms with Crippen LogP contribution in [0.4, 0.5) is 0 Å². The Bertz CT molecular complexity index is 365. The molecule has 0 aromatic heterocycles. The largest absolute Gasteiger partial charge is 0.469 e. The summed E-state index contributed by atoms with van der Waals surface area (Å²) in [6.45, 7) is 2.10. The van der Waals surface area contributed by atoms with E-state index >= 15 is 0 Å². The first-order chi connectivity index (χ1) is 11.5. The summed E-state index contributed by atoms with van der Waals surface area (Å²) < 4.78 is 4.57. The standard InChI is InChI=1S/C19H34O5/c1-3-4-8-11-16(20)14-15-18(22)17(21)12-9-6-5-7-10-13-19(23)24-2/h14-16,18,20,22H,3-13H2,1-2H3. The van der Waals surface area contributed by atoms with Gasteiger partial charge >= 0.3 is 5.97 Å². The van der Waals surface area contributed by atoms with Crippen LogP contribution in [0.25, 0.3) is 0 Å². The lowest BCUT2D eigenvalue weighted by atomic mass is 10.0. The van der Waals surface area contributed by atoms with Crippen molar-refractivity contribution in [2.45, 2.75) is 89.8 Å². The van der Waals surface area contributed by atoms with E-state index in [-0.39, 0.29) is 11.8 Å². The predicted octanol–water partition coefficient (Wildman–Crippen LogP) is 3.32. The quantitative estimate of drug-likeness (QED) is 0.271. The minimum Gasteiger partial charge on any atom is -0.469 e. The van der Waals surface area contributed by atoms with Crippen molar-refractivity contribution in [1.82, 2.24) is 0 Å². The van der Waals surface area contributed by atoms with Crippen LogP contribution < -0.4 is 0 Å².